The number of carbonyl (C=O) groups excluding carboxylic acids is 1. The first kappa shape index (κ1) is 19.0. The minimum absolute atomic E-state index is 0.209. The molecule has 26 heavy (non-hydrogen) atoms. The van der Waals surface area contributed by atoms with Gasteiger partial charge in [-0.05, 0) is 57.9 Å². The van der Waals surface area contributed by atoms with Gasteiger partial charge in [0, 0.05) is 38.1 Å². The predicted octanol–water partition coefficient (Wildman–Crippen LogP) is 3.54. The average Bonchev–Trinajstić information content (AvgIpc) is 2.59. The van der Waals surface area contributed by atoms with E-state index in [9.17, 15) is 9.18 Å². The number of amides is 1. The van der Waals surface area contributed by atoms with E-state index in [2.05, 4.69) is 4.90 Å². The van der Waals surface area contributed by atoms with Crippen molar-refractivity contribution in [2.45, 2.75) is 45.3 Å². The fourth-order valence-electron chi connectivity index (χ4n) is 3.63. The number of carbonyl (C=O) groups is 1. The van der Waals surface area contributed by atoms with E-state index in [1.54, 1.807) is 12.1 Å². The van der Waals surface area contributed by atoms with Gasteiger partial charge in [0.05, 0.1) is 6.61 Å². The van der Waals surface area contributed by atoms with Gasteiger partial charge in [-0.2, -0.15) is 0 Å². The van der Waals surface area contributed by atoms with Gasteiger partial charge in [0.25, 0.3) is 0 Å². The van der Waals surface area contributed by atoms with Crippen molar-refractivity contribution in [3.63, 3.8) is 0 Å². The lowest BCUT2D eigenvalue weighted by Crippen LogP contribution is -2.58. The monoisotopic (exact) mass is 364 g/mol. The third-order valence-corrected chi connectivity index (χ3v) is 4.96. The van der Waals surface area contributed by atoms with Gasteiger partial charge in [0.2, 0.25) is 0 Å². The molecule has 0 saturated carbocycles. The van der Waals surface area contributed by atoms with Gasteiger partial charge in [0.1, 0.15) is 17.2 Å². The molecule has 5 nitrogen and oxygen atoms in total. The highest BCUT2D eigenvalue weighted by atomic mass is 19.1. The number of piperazine rings is 1. The van der Waals surface area contributed by atoms with Crippen molar-refractivity contribution in [3.8, 4) is 5.75 Å². The van der Waals surface area contributed by atoms with Crippen LogP contribution in [0.5, 0.6) is 5.75 Å². The van der Waals surface area contributed by atoms with Crippen LogP contribution in [0.3, 0.4) is 0 Å². The van der Waals surface area contributed by atoms with Crippen LogP contribution < -0.4 is 4.74 Å². The molecular weight excluding hydrogens is 335 g/mol. The highest BCUT2D eigenvalue weighted by Gasteiger charge is 2.35. The summed E-state index contributed by atoms with van der Waals surface area (Å²) < 4.78 is 24.3. The zero-order chi connectivity index (χ0) is 18.7. The van der Waals surface area contributed by atoms with E-state index in [-0.39, 0.29) is 11.9 Å². The van der Waals surface area contributed by atoms with Crippen LogP contribution in [-0.2, 0) is 4.74 Å². The highest BCUT2D eigenvalue weighted by molar-refractivity contribution is 5.68. The van der Waals surface area contributed by atoms with Crippen molar-refractivity contribution in [1.29, 1.82) is 0 Å². The molecule has 1 amide bonds. The molecule has 0 aromatic heterocycles. The van der Waals surface area contributed by atoms with Crippen molar-refractivity contribution in [2.24, 2.45) is 5.92 Å². The van der Waals surface area contributed by atoms with E-state index >= 15 is 0 Å². The molecule has 0 bridgehead atoms. The Labute approximate surface area is 155 Å². The summed E-state index contributed by atoms with van der Waals surface area (Å²) in [4.78, 5) is 16.6. The van der Waals surface area contributed by atoms with E-state index in [4.69, 9.17) is 9.47 Å². The number of halogens is 1. The molecule has 2 fully saturated rings. The molecule has 6 heteroatoms. The first-order valence-corrected chi connectivity index (χ1v) is 9.40. The number of hydrogen-bond donors (Lipinski definition) is 0. The summed E-state index contributed by atoms with van der Waals surface area (Å²) >= 11 is 0. The molecule has 3 rings (SSSR count). The Morgan fingerprint density at radius 3 is 2.58 bits per heavy atom. The predicted molar refractivity (Wildman–Crippen MR) is 97.8 cm³/mol. The molecule has 2 aliphatic heterocycles. The molecule has 0 N–H and O–H groups in total. The zero-order valence-electron chi connectivity index (χ0n) is 15.9. The van der Waals surface area contributed by atoms with Crippen LogP contribution in [0.2, 0.25) is 0 Å². The van der Waals surface area contributed by atoms with Crippen LogP contribution in [-0.4, -0.2) is 60.3 Å². The zero-order valence-corrected chi connectivity index (χ0v) is 15.9. The minimum Gasteiger partial charge on any atom is -0.493 e. The summed E-state index contributed by atoms with van der Waals surface area (Å²) in [7, 11) is 0. The van der Waals surface area contributed by atoms with Crippen molar-refractivity contribution in [2.75, 3.05) is 32.8 Å². The maximum Gasteiger partial charge on any atom is 0.410 e. The van der Waals surface area contributed by atoms with Crippen LogP contribution in [0.4, 0.5) is 9.18 Å². The number of piperidine rings is 1. The quantitative estimate of drug-likeness (QED) is 0.823. The summed E-state index contributed by atoms with van der Waals surface area (Å²) in [5.74, 6) is 0.924. The Bertz CT molecular complexity index is 614. The SMILES string of the molecule is CC(C)(C)OC(=O)N1CCN2C[C@H](COc3ccc(F)cc3)CC[C@@H]2C1. The standard InChI is InChI=1S/C20H29FN2O3/c1-20(2,3)26-19(24)23-11-10-22-12-15(4-7-17(22)13-23)14-25-18-8-5-16(21)6-9-18/h5-6,8-9,15,17H,4,7,10-14H2,1-3H3/t15-,17-/m1/s1. The number of ether oxygens (including phenoxy) is 2. The van der Waals surface area contributed by atoms with Gasteiger partial charge in [0.15, 0.2) is 0 Å². The summed E-state index contributed by atoms with van der Waals surface area (Å²) in [6.07, 6.45) is 1.92. The van der Waals surface area contributed by atoms with Crippen molar-refractivity contribution < 1.29 is 18.7 Å². The lowest BCUT2D eigenvalue weighted by Gasteiger charge is -2.46. The average molecular weight is 364 g/mol. The Hall–Kier alpha value is -1.82. The number of fused-ring (bicyclic) bond motifs is 1. The van der Waals surface area contributed by atoms with Gasteiger partial charge in [-0.3, -0.25) is 4.90 Å². The molecule has 0 radical (unpaired) electrons. The molecule has 1 aromatic carbocycles. The summed E-state index contributed by atoms with van der Waals surface area (Å²) in [5, 5.41) is 0. The lowest BCUT2D eigenvalue weighted by molar-refractivity contribution is -0.0122. The number of rotatable bonds is 3. The van der Waals surface area contributed by atoms with E-state index < -0.39 is 5.60 Å². The molecule has 144 valence electrons. The number of nitrogens with zero attached hydrogens (tertiary/aromatic N) is 2. The molecule has 2 atom stereocenters. The van der Waals surface area contributed by atoms with Crippen molar-refractivity contribution in [3.05, 3.63) is 30.1 Å². The number of hydrogen-bond acceptors (Lipinski definition) is 4. The maximum atomic E-state index is 12.9. The molecule has 0 aliphatic carbocycles. The maximum absolute atomic E-state index is 12.9. The van der Waals surface area contributed by atoms with Gasteiger partial charge < -0.3 is 14.4 Å². The summed E-state index contributed by atoms with van der Waals surface area (Å²) in [6.45, 7) is 9.63. The van der Waals surface area contributed by atoms with Gasteiger partial charge in [-0.15, -0.1) is 0 Å². The normalized spacial score (nSPS) is 24.1. The van der Waals surface area contributed by atoms with E-state index in [1.165, 1.54) is 12.1 Å². The molecule has 0 spiro atoms. The highest BCUT2D eigenvalue weighted by Crippen LogP contribution is 2.26. The van der Waals surface area contributed by atoms with Gasteiger partial charge in [-0.25, -0.2) is 9.18 Å². The first-order chi connectivity index (χ1) is 12.3. The second-order valence-corrected chi connectivity index (χ2v) is 8.28. The Kier molecular flexibility index (Phi) is 5.70. The van der Waals surface area contributed by atoms with Crippen LogP contribution in [0.15, 0.2) is 24.3 Å². The second-order valence-electron chi connectivity index (χ2n) is 8.28. The van der Waals surface area contributed by atoms with Crippen LogP contribution >= 0.6 is 0 Å². The van der Waals surface area contributed by atoms with Crippen molar-refractivity contribution in [1.82, 2.24) is 9.80 Å². The third-order valence-electron chi connectivity index (χ3n) is 4.96. The van der Waals surface area contributed by atoms with Crippen molar-refractivity contribution >= 4 is 6.09 Å². The van der Waals surface area contributed by atoms with Crippen LogP contribution in [0.25, 0.3) is 0 Å². The van der Waals surface area contributed by atoms with Crippen LogP contribution in [0.1, 0.15) is 33.6 Å². The van der Waals surface area contributed by atoms with E-state index in [0.717, 1.165) is 32.5 Å². The molecule has 2 saturated heterocycles. The molecule has 2 heterocycles. The van der Waals surface area contributed by atoms with E-state index in [1.807, 2.05) is 25.7 Å². The smallest absolute Gasteiger partial charge is 0.410 e. The Morgan fingerprint density at radius 1 is 1.15 bits per heavy atom. The summed E-state index contributed by atoms with van der Waals surface area (Å²) in [5.41, 5.74) is -0.455. The lowest BCUT2D eigenvalue weighted by atomic mass is 9.91. The number of benzene rings is 1. The molecular formula is C20H29FN2O3. The minimum atomic E-state index is -0.455. The van der Waals surface area contributed by atoms with Gasteiger partial charge >= 0.3 is 6.09 Å². The second kappa shape index (κ2) is 7.82. The van der Waals surface area contributed by atoms with E-state index in [0.29, 0.717) is 30.9 Å². The molecule has 0 unspecified atom stereocenters. The molecule has 2 aliphatic rings. The van der Waals surface area contributed by atoms with Gasteiger partial charge in [-0.1, -0.05) is 0 Å². The fourth-order valence-corrected chi connectivity index (χ4v) is 3.63. The topological polar surface area (TPSA) is 42.0 Å². The first-order valence-electron chi connectivity index (χ1n) is 9.40. The summed E-state index contributed by atoms with van der Waals surface area (Å²) in [6, 6.07) is 6.57. The largest absolute Gasteiger partial charge is 0.493 e. The Morgan fingerprint density at radius 2 is 1.88 bits per heavy atom. The Balaban J connectivity index is 1.46. The third kappa shape index (κ3) is 5.10. The van der Waals surface area contributed by atoms with Crippen LogP contribution in [0, 0.1) is 11.7 Å². The fraction of sp³-hybridized carbons (Fsp3) is 0.650. The molecule has 1 aromatic rings.